The van der Waals surface area contributed by atoms with E-state index in [2.05, 4.69) is 4.74 Å². The number of methoxy groups -OCH3 is 2. The minimum absolute atomic E-state index is 0.465. The summed E-state index contributed by atoms with van der Waals surface area (Å²) in [4.78, 5) is 11.4. The number of nitrogens with two attached hydrogens (primary N) is 1. The van der Waals surface area contributed by atoms with E-state index in [0.717, 1.165) is 5.75 Å². The Bertz CT molecular complexity index is 343. The predicted octanol–water partition coefficient (Wildman–Crippen LogP) is 1.04. The van der Waals surface area contributed by atoms with Crippen molar-refractivity contribution in [2.45, 2.75) is 12.5 Å². The zero-order valence-electron chi connectivity index (χ0n) is 9.11. The lowest BCUT2D eigenvalue weighted by molar-refractivity contribution is -0.146. The van der Waals surface area contributed by atoms with Crippen molar-refractivity contribution in [2.75, 3.05) is 14.2 Å². The first-order valence-corrected chi connectivity index (χ1v) is 4.54. The maximum Gasteiger partial charge on any atom is 0.330 e. The summed E-state index contributed by atoms with van der Waals surface area (Å²) >= 11 is 0. The number of rotatable bonds is 3. The highest BCUT2D eigenvalue weighted by molar-refractivity contribution is 5.81. The fourth-order valence-corrected chi connectivity index (χ4v) is 1.27. The van der Waals surface area contributed by atoms with Gasteiger partial charge in [-0.15, -0.1) is 0 Å². The largest absolute Gasteiger partial charge is 0.497 e. The zero-order chi connectivity index (χ0) is 11.5. The summed E-state index contributed by atoms with van der Waals surface area (Å²) < 4.78 is 9.64. The van der Waals surface area contributed by atoms with Crippen LogP contribution in [-0.4, -0.2) is 20.2 Å². The SMILES string of the molecule is COC(=O)C(C)(N)c1ccc(OC)cc1. The first-order chi connectivity index (χ1) is 7.02. The molecule has 0 aliphatic heterocycles. The Morgan fingerprint density at radius 3 is 2.20 bits per heavy atom. The standard InChI is InChI=1S/C11H15NO3/c1-11(12,10(13)15-3)8-4-6-9(14-2)7-5-8/h4-7H,12H2,1-3H3. The molecule has 4 nitrogen and oxygen atoms in total. The van der Waals surface area contributed by atoms with Crippen molar-refractivity contribution in [3.8, 4) is 5.75 Å². The number of hydrogen-bond acceptors (Lipinski definition) is 4. The molecule has 0 heterocycles. The average molecular weight is 209 g/mol. The summed E-state index contributed by atoms with van der Waals surface area (Å²) in [6.07, 6.45) is 0. The van der Waals surface area contributed by atoms with E-state index in [4.69, 9.17) is 10.5 Å². The highest BCUT2D eigenvalue weighted by Gasteiger charge is 2.31. The van der Waals surface area contributed by atoms with Gasteiger partial charge in [-0.05, 0) is 24.6 Å². The predicted molar refractivity (Wildman–Crippen MR) is 56.5 cm³/mol. The second-order valence-electron chi connectivity index (χ2n) is 3.42. The molecule has 0 fully saturated rings. The molecule has 4 heteroatoms. The smallest absolute Gasteiger partial charge is 0.330 e. The van der Waals surface area contributed by atoms with Crippen LogP contribution in [0, 0.1) is 0 Å². The molecule has 0 spiro atoms. The molecule has 1 aromatic carbocycles. The van der Waals surface area contributed by atoms with Crippen molar-refractivity contribution < 1.29 is 14.3 Å². The van der Waals surface area contributed by atoms with Crippen LogP contribution < -0.4 is 10.5 Å². The van der Waals surface area contributed by atoms with Gasteiger partial charge in [-0.2, -0.15) is 0 Å². The lowest BCUT2D eigenvalue weighted by Gasteiger charge is -2.21. The summed E-state index contributed by atoms with van der Waals surface area (Å²) in [6.45, 7) is 1.61. The van der Waals surface area contributed by atoms with E-state index < -0.39 is 11.5 Å². The third-order valence-electron chi connectivity index (χ3n) is 2.30. The third-order valence-corrected chi connectivity index (χ3v) is 2.30. The van der Waals surface area contributed by atoms with Crippen LogP contribution in [-0.2, 0) is 15.1 Å². The lowest BCUT2D eigenvalue weighted by atomic mass is 9.93. The van der Waals surface area contributed by atoms with E-state index in [1.54, 1.807) is 38.3 Å². The Hall–Kier alpha value is -1.55. The summed E-state index contributed by atoms with van der Waals surface area (Å²) in [5.74, 6) is 0.257. The molecule has 1 aromatic rings. The van der Waals surface area contributed by atoms with Gasteiger partial charge in [-0.1, -0.05) is 12.1 Å². The van der Waals surface area contributed by atoms with Crippen LogP contribution >= 0.6 is 0 Å². The summed E-state index contributed by atoms with van der Waals surface area (Å²) in [5, 5.41) is 0. The van der Waals surface area contributed by atoms with Gasteiger partial charge in [0, 0.05) is 0 Å². The number of esters is 1. The van der Waals surface area contributed by atoms with Gasteiger partial charge in [0.15, 0.2) is 0 Å². The number of benzene rings is 1. The van der Waals surface area contributed by atoms with Crippen molar-refractivity contribution in [3.05, 3.63) is 29.8 Å². The molecule has 82 valence electrons. The van der Waals surface area contributed by atoms with Crippen LogP contribution in [0.2, 0.25) is 0 Å². The van der Waals surface area contributed by atoms with Crippen LogP contribution in [0.25, 0.3) is 0 Å². The normalized spacial score (nSPS) is 14.1. The van der Waals surface area contributed by atoms with Crippen LogP contribution in [0.5, 0.6) is 5.75 Å². The van der Waals surface area contributed by atoms with Gasteiger partial charge >= 0.3 is 5.97 Å². The monoisotopic (exact) mass is 209 g/mol. The minimum Gasteiger partial charge on any atom is -0.497 e. The topological polar surface area (TPSA) is 61.5 Å². The fourth-order valence-electron chi connectivity index (χ4n) is 1.27. The van der Waals surface area contributed by atoms with E-state index in [1.807, 2.05) is 0 Å². The summed E-state index contributed by atoms with van der Waals surface area (Å²) in [7, 11) is 2.90. The molecule has 0 saturated heterocycles. The highest BCUT2D eigenvalue weighted by Crippen LogP contribution is 2.21. The van der Waals surface area contributed by atoms with Gasteiger partial charge in [0.25, 0.3) is 0 Å². The molecule has 0 saturated carbocycles. The van der Waals surface area contributed by atoms with Crippen molar-refractivity contribution >= 4 is 5.97 Å². The molecule has 0 amide bonds. The van der Waals surface area contributed by atoms with Gasteiger partial charge in [0.1, 0.15) is 11.3 Å². The molecule has 0 bridgehead atoms. The van der Waals surface area contributed by atoms with Gasteiger partial charge in [0.2, 0.25) is 0 Å². The van der Waals surface area contributed by atoms with Gasteiger partial charge in [0.05, 0.1) is 14.2 Å². The Morgan fingerprint density at radius 2 is 1.80 bits per heavy atom. The maximum absolute atomic E-state index is 11.4. The fraction of sp³-hybridized carbons (Fsp3) is 0.364. The number of carbonyl (C=O) groups is 1. The van der Waals surface area contributed by atoms with E-state index in [9.17, 15) is 4.79 Å². The second-order valence-corrected chi connectivity index (χ2v) is 3.42. The van der Waals surface area contributed by atoms with E-state index >= 15 is 0 Å². The molecule has 1 rings (SSSR count). The number of carbonyl (C=O) groups excluding carboxylic acids is 1. The third kappa shape index (κ3) is 2.27. The second kappa shape index (κ2) is 4.31. The number of ether oxygens (including phenoxy) is 2. The Kier molecular flexibility index (Phi) is 3.31. The van der Waals surface area contributed by atoms with Crippen molar-refractivity contribution in [2.24, 2.45) is 5.73 Å². The summed E-state index contributed by atoms with van der Waals surface area (Å²) in [5.41, 5.74) is 5.43. The molecule has 1 atom stereocenters. The van der Waals surface area contributed by atoms with Gasteiger partial charge < -0.3 is 15.2 Å². The van der Waals surface area contributed by atoms with E-state index in [0.29, 0.717) is 5.56 Å². The summed E-state index contributed by atoms with van der Waals surface area (Å²) in [6, 6.07) is 7.00. The Morgan fingerprint density at radius 1 is 1.27 bits per heavy atom. The van der Waals surface area contributed by atoms with Crippen LogP contribution in [0.15, 0.2) is 24.3 Å². The molecule has 1 unspecified atom stereocenters. The molecule has 0 aliphatic carbocycles. The number of hydrogen-bond donors (Lipinski definition) is 1. The molecule has 2 N–H and O–H groups in total. The van der Waals surface area contributed by atoms with Crippen molar-refractivity contribution in [1.82, 2.24) is 0 Å². The molecule has 15 heavy (non-hydrogen) atoms. The molecule has 0 aliphatic rings. The highest BCUT2D eigenvalue weighted by atomic mass is 16.5. The lowest BCUT2D eigenvalue weighted by Crippen LogP contribution is -2.42. The average Bonchev–Trinajstić information content (AvgIpc) is 2.28. The Labute approximate surface area is 89.0 Å². The first kappa shape index (κ1) is 11.5. The van der Waals surface area contributed by atoms with Gasteiger partial charge in [-0.3, -0.25) is 0 Å². The molecule has 0 aromatic heterocycles. The van der Waals surface area contributed by atoms with Crippen molar-refractivity contribution in [3.63, 3.8) is 0 Å². The van der Waals surface area contributed by atoms with Crippen molar-refractivity contribution in [1.29, 1.82) is 0 Å². The molecular formula is C11H15NO3. The Balaban J connectivity index is 3.00. The maximum atomic E-state index is 11.4. The van der Waals surface area contributed by atoms with E-state index in [-0.39, 0.29) is 0 Å². The minimum atomic E-state index is -1.12. The first-order valence-electron chi connectivity index (χ1n) is 4.54. The van der Waals surface area contributed by atoms with Crippen LogP contribution in [0.3, 0.4) is 0 Å². The van der Waals surface area contributed by atoms with Crippen LogP contribution in [0.4, 0.5) is 0 Å². The van der Waals surface area contributed by atoms with Crippen LogP contribution in [0.1, 0.15) is 12.5 Å². The quantitative estimate of drug-likeness (QED) is 0.755. The zero-order valence-corrected chi connectivity index (χ0v) is 9.11. The van der Waals surface area contributed by atoms with Gasteiger partial charge in [-0.25, -0.2) is 4.79 Å². The molecule has 0 radical (unpaired) electrons. The van der Waals surface area contributed by atoms with E-state index in [1.165, 1.54) is 7.11 Å². The molecular weight excluding hydrogens is 194 g/mol.